The van der Waals surface area contributed by atoms with Gasteiger partial charge >= 0.3 is 17.9 Å². The van der Waals surface area contributed by atoms with Crippen molar-refractivity contribution in [1.29, 1.82) is 0 Å². The number of allylic oxidation sites excluding steroid dienone is 16. The molecule has 1 unspecified atom stereocenters. The van der Waals surface area contributed by atoms with Gasteiger partial charge in [0.1, 0.15) is 13.2 Å². The van der Waals surface area contributed by atoms with Gasteiger partial charge in [0, 0.05) is 19.3 Å². The summed E-state index contributed by atoms with van der Waals surface area (Å²) in [5, 5.41) is 0. The number of hydrogen-bond acceptors (Lipinski definition) is 6. The molecule has 73 heavy (non-hydrogen) atoms. The van der Waals surface area contributed by atoms with E-state index < -0.39 is 6.10 Å². The van der Waals surface area contributed by atoms with Crippen molar-refractivity contribution in [3.8, 4) is 0 Å². The van der Waals surface area contributed by atoms with E-state index in [-0.39, 0.29) is 31.1 Å². The number of hydrogen-bond donors (Lipinski definition) is 0. The quantitative estimate of drug-likeness (QED) is 0.0261. The molecule has 418 valence electrons. The van der Waals surface area contributed by atoms with Crippen molar-refractivity contribution in [2.24, 2.45) is 0 Å². The van der Waals surface area contributed by atoms with E-state index >= 15 is 0 Å². The highest BCUT2D eigenvalue weighted by Gasteiger charge is 2.19. The summed E-state index contributed by atoms with van der Waals surface area (Å²) in [5.41, 5.74) is 0. The highest BCUT2D eigenvalue weighted by molar-refractivity contribution is 5.71. The highest BCUT2D eigenvalue weighted by Crippen LogP contribution is 2.15. The van der Waals surface area contributed by atoms with Crippen LogP contribution in [0.4, 0.5) is 0 Å². The van der Waals surface area contributed by atoms with Crippen LogP contribution in [-0.2, 0) is 28.6 Å². The Bertz CT molecular complexity index is 1440. The van der Waals surface area contributed by atoms with E-state index in [0.29, 0.717) is 19.3 Å². The van der Waals surface area contributed by atoms with Crippen molar-refractivity contribution >= 4 is 17.9 Å². The van der Waals surface area contributed by atoms with Crippen LogP contribution in [0.2, 0.25) is 0 Å². The van der Waals surface area contributed by atoms with Gasteiger partial charge in [-0.1, -0.05) is 246 Å². The third kappa shape index (κ3) is 59.1. The molecule has 0 aromatic heterocycles. The van der Waals surface area contributed by atoms with Gasteiger partial charge in [-0.05, 0) is 122 Å². The van der Waals surface area contributed by atoms with Crippen LogP contribution < -0.4 is 0 Å². The Hall–Kier alpha value is -3.67. The lowest BCUT2D eigenvalue weighted by molar-refractivity contribution is -0.167. The van der Waals surface area contributed by atoms with Crippen LogP contribution >= 0.6 is 0 Å². The van der Waals surface area contributed by atoms with Crippen molar-refractivity contribution in [2.45, 2.75) is 297 Å². The average Bonchev–Trinajstić information content (AvgIpc) is 3.39. The third-order valence-corrected chi connectivity index (χ3v) is 13.0. The first-order valence-corrected chi connectivity index (χ1v) is 30.7. The van der Waals surface area contributed by atoms with Gasteiger partial charge in [-0.2, -0.15) is 0 Å². The minimum atomic E-state index is -0.797. The maximum atomic E-state index is 12.9. The molecule has 1 atom stereocenters. The normalized spacial score (nSPS) is 12.8. The van der Waals surface area contributed by atoms with Crippen molar-refractivity contribution in [3.63, 3.8) is 0 Å². The van der Waals surface area contributed by atoms with Gasteiger partial charge in [-0.15, -0.1) is 0 Å². The summed E-state index contributed by atoms with van der Waals surface area (Å²) in [6.07, 6.45) is 81.2. The molecule has 0 bridgehead atoms. The zero-order chi connectivity index (χ0) is 52.9. The number of esters is 3. The molecule has 0 aromatic rings. The smallest absolute Gasteiger partial charge is 0.306 e. The minimum absolute atomic E-state index is 0.0923. The molecular formula is C67H114O6. The second kappa shape index (κ2) is 60.9. The first kappa shape index (κ1) is 69.3. The Morgan fingerprint density at radius 1 is 0.288 bits per heavy atom. The van der Waals surface area contributed by atoms with Gasteiger partial charge in [-0.3, -0.25) is 14.4 Å². The molecule has 0 spiro atoms. The summed E-state index contributed by atoms with van der Waals surface area (Å²) >= 11 is 0. The Morgan fingerprint density at radius 2 is 0.534 bits per heavy atom. The van der Waals surface area contributed by atoms with Crippen LogP contribution in [0.25, 0.3) is 0 Å². The molecule has 6 nitrogen and oxygen atoms in total. The van der Waals surface area contributed by atoms with E-state index in [4.69, 9.17) is 14.2 Å². The van der Waals surface area contributed by atoms with Gasteiger partial charge < -0.3 is 14.2 Å². The molecule has 0 aliphatic heterocycles. The maximum absolute atomic E-state index is 12.9. The molecule has 6 heteroatoms. The fourth-order valence-electron chi connectivity index (χ4n) is 8.44. The summed E-state index contributed by atoms with van der Waals surface area (Å²) in [6, 6.07) is 0. The summed E-state index contributed by atoms with van der Waals surface area (Å²) in [5.74, 6) is -0.923. The van der Waals surface area contributed by atoms with Crippen LogP contribution in [0, 0.1) is 0 Å². The summed E-state index contributed by atoms with van der Waals surface area (Å²) < 4.78 is 16.9. The Balaban J connectivity index is 4.36. The molecule has 0 heterocycles. The molecule has 0 amide bonds. The van der Waals surface area contributed by atoms with Crippen LogP contribution in [0.1, 0.15) is 290 Å². The third-order valence-electron chi connectivity index (χ3n) is 13.0. The summed E-state index contributed by atoms with van der Waals surface area (Å²) in [6.45, 7) is 6.48. The fourth-order valence-corrected chi connectivity index (χ4v) is 8.44. The van der Waals surface area contributed by atoms with Gasteiger partial charge in [0.2, 0.25) is 0 Å². The predicted molar refractivity (Wildman–Crippen MR) is 316 cm³/mol. The molecule has 0 saturated carbocycles. The number of carbonyl (C=O) groups excluding carboxylic acids is 3. The first-order chi connectivity index (χ1) is 36.0. The number of ether oxygens (including phenoxy) is 3. The van der Waals surface area contributed by atoms with Gasteiger partial charge in [-0.25, -0.2) is 0 Å². The van der Waals surface area contributed by atoms with E-state index in [2.05, 4.69) is 118 Å². The van der Waals surface area contributed by atoms with Crippen molar-refractivity contribution in [3.05, 3.63) is 97.2 Å². The molecule has 0 aliphatic rings. The van der Waals surface area contributed by atoms with Crippen LogP contribution in [0.5, 0.6) is 0 Å². The second-order valence-corrected chi connectivity index (χ2v) is 20.2. The lowest BCUT2D eigenvalue weighted by Gasteiger charge is -2.18. The van der Waals surface area contributed by atoms with Crippen LogP contribution in [0.3, 0.4) is 0 Å². The maximum Gasteiger partial charge on any atom is 0.306 e. The van der Waals surface area contributed by atoms with Gasteiger partial charge in [0.05, 0.1) is 0 Å². The standard InChI is InChI=1S/C67H114O6/c1-4-7-10-13-16-19-22-25-27-29-30-31-32-33-34-35-36-38-39-42-45-48-51-54-57-60-66(69)72-63-64(62-71-65(68)59-56-53-50-47-44-41-24-21-18-15-12-9-6-3)73-67(70)61-58-55-52-49-46-43-40-37-28-26-23-20-17-14-11-8-5-2/h8,11,17,20-22,24-26,28-30,32-33,40,43,64H,4-7,9-10,12-16,18-19,23,27,31,34-39,41-42,44-63H2,1-3H3/b11-8-,20-17-,24-21-,25-22-,28-26-,30-29-,33-32-,43-40-. The Labute approximate surface area is 451 Å². The molecule has 0 N–H and O–H groups in total. The first-order valence-electron chi connectivity index (χ1n) is 30.7. The molecule has 0 aromatic carbocycles. The van der Waals surface area contributed by atoms with E-state index in [1.165, 1.54) is 135 Å². The van der Waals surface area contributed by atoms with Crippen molar-refractivity contribution in [2.75, 3.05) is 13.2 Å². The number of carbonyl (C=O) groups is 3. The molecule has 0 radical (unpaired) electrons. The van der Waals surface area contributed by atoms with Crippen LogP contribution in [-0.4, -0.2) is 37.2 Å². The van der Waals surface area contributed by atoms with E-state index in [1.807, 2.05) is 0 Å². The predicted octanol–water partition coefficient (Wildman–Crippen LogP) is 20.9. The van der Waals surface area contributed by atoms with Gasteiger partial charge in [0.25, 0.3) is 0 Å². The monoisotopic (exact) mass is 1010 g/mol. The summed E-state index contributed by atoms with van der Waals surface area (Å²) in [7, 11) is 0. The van der Waals surface area contributed by atoms with E-state index in [9.17, 15) is 14.4 Å². The van der Waals surface area contributed by atoms with E-state index in [1.54, 1.807) is 0 Å². The van der Waals surface area contributed by atoms with Crippen molar-refractivity contribution in [1.82, 2.24) is 0 Å². The molecule has 0 rings (SSSR count). The second-order valence-electron chi connectivity index (χ2n) is 20.2. The number of unbranched alkanes of at least 4 members (excludes halogenated alkanes) is 28. The number of rotatable bonds is 55. The lowest BCUT2D eigenvalue weighted by Crippen LogP contribution is -2.30. The SMILES string of the molecule is CC/C=C\C/C=C\C/C=C\C/C=C\CCCCCCC(=O)OC(COC(=O)CCCCCCC/C=C\CCCCCC)COC(=O)CCCCCCCCCCCC/C=C\C/C=C\C/C=C\CCCCCCC. The summed E-state index contributed by atoms with van der Waals surface area (Å²) in [4.78, 5) is 38.2. The highest BCUT2D eigenvalue weighted by atomic mass is 16.6. The fraction of sp³-hybridized carbons (Fsp3) is 0.716. The zero-order valence-corrected chi connectivity index (χ0v) is 47.9. The topological polar surface area (TPSA) is 78.9 Å². The molecule has 0 aliphatic carbocycles. The lowest BCUT2D eigenvalue weighted by atomic mass is 10.1. The largest absolute Gasteiger partial charge is 0.462 e. The Kier molecular flexibility index (Phi) is 57.8. The molecular weight excluding hydrogens is 901 g/mol. The van der Waals surface area contributed by atoms with Crippen LogP contribution in [0.15, 0.2) is 97.2 Å². The average molecular weight is 1020 g/mol. The van der Waals surface area contributed by atoms with Crippen molar-refractivity contribution < 1.29 is 28.6 Å². The van der Waals surface area contributed by atoms with Gasteiger partial charge in [0.15, 0.2) is 6.10 Å². The molecule has 0 fully saturated rings. The zero-order valence-electron chi connectivity index (χ0n) is 47.9. The van der Waals surface area contributed by atoms with E-state index in [0.717, 1.165) is 116 Å². The minimum Gasteiger partial charge on any atom is -0.462 e. The molecule has 0 saturated heterocycles. The Morgan fingerprint density at radius 3 is 0.863 bits per heavy atom.